The highest BCUT2D eigenvalue weighted by Gasteiger charge is 2.30. The minimum Gasteiger partial charge on any atom is -0.475 e. The summed E-state index contributed by atoms with van der Waals surface area (Å²) in [4.78, 5) is 27.5. The van der Waals surface area contributed by atoms with E-state index in [2.05, 4.69) is 26.6 Å². The number of nitrogens with one attached hydrogen (secondary N) is 2. The molecule has 2 aromatic heterocycles. The van der Waals surface area contributed by atoms with Crippen LogP contribution < -0.4 is 10.1 Å². The molecule has 0 fully saturated rings. The Bertz CT molecular complexity index is 1230. The number of thiazole rings is 1. The first-order valence-electron chi connectivity index (χ1n) is 8.52. The van der Waals surface area contributed by atoms with Crippen molar-refractivity contribution in [1.29, 1.82) is 0 Å². The van der Waals surface area contributed by atoms with Gasteiger partial charge in [0.05, 0.1) is 22.2 Å². The summed E-state index contributed by atoms with van der Waals surface area (Å²) in [5.74, 6) is -0.933. The Morgan fingerprint density at radius 1 is 1.24 bits per heavy atom. The van der Waals surface area contributed by atoms with E-state index in [1.54, 1.807) is 23.5 Å². The van der Waals surface area contributed by atoms with Gasteiger partial charge < -0.3 is 10.1 Å². The van der Waals surface area contributed by atoms with E-state index in [0.717, 1.165) is 20.8 Å². The summed E-state index contributed by atoms with van der Waals surface area (Å²) in [5.41, 5.74) is 2.72. The monoisotopic (exact) mass is 409 g/mol. The highest BCUT2D eigenvalue weighted by Crippen LogP contribution is 2.32. The van der Waals surface area contributed by atoms with Crippen LogP contribution in [0.1, 0.15) is 16.1 Å². The van der Waals surface area contributed by atoms with Crippen LogP contribution in [0, 0.1) is 17.0 Å². The summed E-state index contributed by atoms with van der Waals surface area (Å²) in [5, 5.41) is 20.7. The molecule has 9 nitrogen and oxygen atoms in total. The third-order valence-electron chi connectivity index (χ3n) is 4.25. The molecule has 1 amide bonds. The Labute approximate surface area is 168 Å². The van der Waals surface area contributed by atoms with Gasteiger partial charge in [-0.1, -0.05) is 6.07 Å². The van der Waals surface area contributed by atoms with Gasteiger partial charge in [0.25, 0.3) is 5.91 Å². The van der Waals surface area contributed by atoms with Gasteiger partial charge in [-0.25, -0.2) is 4.98 Å². The lowest BCUT2D eigenvalue weighted by molar-refractivity contribution is -0.386. The highest BCUT2D eigenvalue weighted by molar-refractivity contribution is 7.21. The van der Waals surface area contributed by atoms with E-state index < -0.39 is 16.5 Å². The Morgan fingerprint density at radius 3 is 2.69 bits per heavy atom. The number of carbonyl (C=O) groups excluding carboxylic acids is 1. The molecule has 0 atom stereocenters. The second-order valence-corrected chi connectivity index (χ2v) is 7.27. The fraction of sp³-hybridized carbons (Fsp3) is 0.105. The second-order valence-electron chi connectivity index (χ2n) is 6.24. The fourth-order valence-electron chi connectivity index (χ4n) is 2.83. The van der Waals surface area contributed by atoms with Gasteiger partial charge in [-0.3, -0.25) is 20.0 Å². The first-order chi connectivity index (χ1) is 14.0. The van der Waals surface area contributed by atoms with E-state index in [-0.39, 0.29) is 11.6 Å². The molecule has 146 valence electrons. The van der Waals surface area contributed by atoms with Crippen molar-refractivity contribution in [2.45, 2.75) is 6.92 Å². The summed E-state index contributed by atoms with van der Waals surface area (Å²) in [6, 6.07) is 13.2. The quantitative estimate of drug-likeness (QED) is 0.377. The number of rotatable bonds is 5. The van der Waals surface area contributed by atoms with Crippen LogP contribution in [0.4, 0.5) is 11.4 Å². The molecule has 0 unspecified atom stereocenters. The van der Waals surface area contributed by atoms with E-state index in [0.29, 0.717) is 5.69 Å². The standard InChI is InChI=1S/C19H15N5O4S/c1-10-3-8-13-14(9-10)29-19(21-13)11-4-6-12(7-5-11)20-17(25)15-16(24(26)27)18(28-2)23-22-15/h3-9H,1-2H3,(H,20,25)(H,22,23). The molecule has 2 aromatic carbocycles. The number of benzene rings is 2. The zero-order chi connectivity index (χ0) is 20.5. The SMILES string of the molecule is COc1n[nH]c(C(=O)Nc2ccc(-c3nc4ccc(C)cc4s3)cc2)c1[N+](=O)[O-]. The summed E-state index contributed by atoms with van der Waals surface area (Å²) in [6.07, 6.45) is 0. The number of nitro groups is 1. The van der Waals surface area contributed by atoms with E-state index >= 15 is 0 Å². The van der Waals surface area contributed by atoms with Gasteiger partial charge in [0.1, 0.15) is 5.01 Å². The first-order valence-corrected chi connectivity index (χ1v) is 9.33. The molecular formula is C19H15N5O4S. The molecule has 0 aliphatic rings. The van der Waals surface area contributed by atoms with Crippen LogP contribution >= 0.6 is 11.3 Å². The molecule has 0 radical (unpaired) electrons. The van der Waals surface area contributed by atoms with Gasteiger partial charge >= 0.3 is 11.6 Å². The molecular weight excluding hydrogens is 394 g/mol. The molecule has 0 bridgehead atoms. The highest BCUT2D eigenvalue weighted by atomic mass is 32.1. The maximum atomic E-state index is 12.4. The Morgan fingerprint density at radius 2 is 2.00 bits per heavy atom. The maximum Gasteiger partial charge on any atom is 0.362 e. The smallest absolute Gasteiger partial charge is 0.362 e. The van der Waals surface area contributed by atoms with Crippen molar-refractivity contribution >= 4 is 38.8 Å². The molecule has 2 heterocycles. The zero-order valence-corrected chi connectivity index (χ0v) is 16.2. The first kappa shape index (κ1) is 18.6. The van der Waals surface area contributed by atoms with E-state index in [4.69, 9.17) is 4.74 Å². The number of hydrogen-bond acceptors (Lipinski definition) is 7. The van der Waals surface area contributed by atoms with Gasteiger partial charge in [-0.2, -0.15) is 0 Å². The van der Waals surface area contributed by atoms with Crippen molar-refractivity contribution in [3.8, 4) is 16.5 Å². The number of nitrogens with zero attached hydrogens (tertiary/aromatic N) is 3. The Kier molecular flexibility index (Phi) is 4.69. The molecule has 29 heavy (non-hydrogen) atoms. The summed E-state index contributed by atoms with van der Waals surface area (Å²) in [6.45, 7) is 2.04. The van der Waals surface area contributed by atoms with Gasteiger partial charge in [0.2, 0.25) is 5.69 Å². The lowest BCUT2D eigenvalue weighted by atomic mass is 10.2. The molecule has 0 saturated carbocycles. The molecule has 0 saturated heterocycles. The lowest BCUT2D eigenvalue weighted by Gasteiger charge is -2.04. The minimum absolute atomic E-state index is 0.249. The van der Waals surface area contributed by atoms with Gasteiger partial charge in [0.15, 0.2) is 0 Å². The van der Waals surface area contributed by atoms with Crippen LogP contribution in [0.25, 0.3) is 20.8 Å². The number of anilines is 1. The third kappa shape index (κ3) is 3.52. The van der Waals surface area contributed by atoms with E-state index in [9.17, 15) is 14.9 Å². The number of methoxy groups -OCH3 is 1. The number of aromatic amines is 1. The molecule has 0 aliphatic heterocycles. The van der Waals surface area contributed by atoms with Crippen molar-refractivity contribution in [3.63, 3.8) is 0 Å². The zero-order valence-electron chi connectivity index (χ0n) is 15.4. The van der Waals surface area contributed by atoms with Crippen LogP contribution in [0.5, 0.6) is 5.88 Å². The van der Waals surface area contributed by atoms with E-state index in [1.165, 1.54) is 12.7 Å². The van der Waals surface area contributed by atoms with Crippen LogP contribution in [0.3, 0.4) is 0 Å². The predicted octanol–water partition coefficient (Wildman–Crippen LogP) is 4.16. The lowest BCUT2D eigenvalue weighted by Crippen LogP contribution is -2.14. The summed E-state index contributed by atoms with van der Waals surface area (Å²) < 4.78 is 5.92. The fourth-order valence-corrected chi connectivity index (χ4v) is 3.90. The third-order valence-corrected chi connectivity index (χ3v) is 5.31. The number of amides is 1. The maximum absolute atomic E-state index is 12.4. The number of ether oxygens (including phenoxy) is 1. The number of aromatic nitrogens is 3. The predicted molar refractivity (Wildman–Crippen MR) is 110 cm³/mol. The van der Waals surface area contributed by atoms with Crippen molar-refractivity contribution < 1.29 is 14.5 Å². The number of fused-ring (bicyclic) bond motifs is 1. The van der Waals surface area contributed by atoms with Crippen LogP contribution in [-0.4, -0.2) is 33.1 Å². The summed E-state index contributed by atoms with van der Waals surface area (Å²) >= 11 is 1.59. The average Bonchev–Trinajstić information content (AvgIpc) is 3.32. The summed E-state index contributed by atoms with van der Waals surface area (Å²) in [7, 11) is 1.24. The van der Waals surface area contributed by atoms with E-state index in [1.807, 2.05) is 31.2 Å². The minimum atomic E-state index is -0.713. The average molecular weight is 409 g/mol. The second kappa shape index (κ2) is 7.32. The molecule has 0 spiro atoms. The normalized spacial score (nSPS) is 10.8. The topological polar surface area (TPSA) is 123 Å². The van der Waals surface area contributed by atoms with Crippen molar-refractivity contribution in [2.75, 3.05) is 12.4 Å². The Balaban J connectivity index is 1.56. The molecule has 4 rings (SSSR count). The van der Waals surface area contributed by atoms with Crippen LogP contribution in [0.2, 0.25) is 0 Å². The van der Waals surface area contributed by atoms with Crippen LogP contribution in [0.15, 0.2) is 42.5 Å². The Hall–Kier alpha value is -3.79. The van der Waals surface area contributed by atoms with Crippen molar-refractivity contribution in [1.82, 2.24) is 15.2 Å². The van der Waals surface area contributed by atoms with Crippen LogP contribution in [-0.2, 0) is 0 Å². The molecule has 2 N–H and O–H groups in total. The number of H-pyrrole nitrogens is 1. The van der Waals surface area contributed by atoms with Gasteiger partial charge in [-0.05, 0) is 48.9 Å². The number of hydrogen-bond donors (Lipinski definition) is 2. The largest absolute Gasteiger partial charge is 0.475 e. The number of carbonyl (C=O) groups is 1. The molecule has 4 aromatic rings. The number of aryl methyl sites for hydroxylation is 1. The molecule has 0 aliphatic carbocycles. The van der Waals surface area contributed by atoms with Crippen molar-refractivity contribution in [2.24, 2.45) is 0 Å². The molecule has 10 heteroatoms. The van der Waals surface area contributed by atoms with Crippen molar-refractivity contribution in [3.05, 3.63) is 63.8 Å². The van der Waals surface area contributed by atoms with Gasteiger partial charge in [0, 0.05) is 11.3 Å². The van der Waals surface area contributed by atoms with Gasteiger partial charge in [-0.15, -0.1) is 16.4 Å².